The summed E-state index contributed by atoms with van der Waals surface area (Å²) in [6, 6.07) is 13.4. The Bertz CT molecular complexity index is 1750. The van der Waals surface area contributed by atoms with Gasteiger partial charge in [0.2, 0.25) is 11.8 Å². The molecule has 1 aromatic heterocycles. The number of nitrogens with one attached hydrogen (secondary N) is 1. The van der Waals surface area contributed by atoms with Crippen LogP contribution in [0.25, 0.3) is 17.1 Å². The van der Waals surface area contributed by atoms with E-state index in [1.807, 2.05) is 89.2 Å². The molecule has 0 radical (unpaired) electrons. The van der Waals surface area contributed by atoms with Crippen molar-refractivity contribution in [1.29, 1.82) is 0 Å². The third kappa shape index (κ3) is 8.63. The molecule has 51 heavy (non-hydrogen) atoms. The summed E-state index contributed by atoms with van der Waals surface area (Å²) in [6.45, 7) is 9.85. The number of nitrogens with zero attached hydrogens (tertiary/aromatic N) is 3. The lowest BCUT2D eigenvalue weighted by atomic mass is 9.85. The zero-order valence-corrected chi connectivity index (χ0v) is 30.5. The molecule has 2 fully saturated rings. The van der Waals surface area contributed by atoms with Crippen LogP contribution in [0.2, 0.25) is 0 Å². The fourth-order valence-electron chi connectivity index (χ4n) is 6.96. The summed E-state index contributed by atoms with van der Waals surface area (Å²) in [6.07, 6.45) is 6.35. The highest BCUT2D eigenvalue weighted by Crippen LogP contribution is 2.39. The normalized spacial score (nSPS) is 26.1. The van der Waals surface area contributed by atoms with Crippen molar-refractivity contribution in [3.05, 3.63) is 65.9 Å². The van der Waals surface area contributed by atoms with Crippen LogP contribution in [-0.4, -0.2) is 77.4 Å². The largest absolute Gasteiger partial charge is 0.497 e. The molecule has 11 nitrogen and oxygen atoms in total. The van der Waals surface area contributed by atoms with E-state index in [1.165, 1.54) is 4.90 Å². The van der Waals surface area contributed by atoms with Gasteiger partial charge in [-0.15, -0.1) is 0 Å². The van der Waals surface area contributed by atoms with E-state index in [4.69, 9.17) is 28.9 Å². The fourth-order valence-corrected chi connectivity index (χ4v) is 6.96. The zero-order valence-electron chi connectivity index (χ0n) is 30.5. The van der Waals surface area contributed by atoms with Crippen LogP contribution in [0, 0.1) is 23.2 Å². The fraction of sp³-hybridized carbons (Fsp3) is 0.525. The topological polar surface area (TPSA) is 129 Å². The number of benzene rings is 2. The maximum Gasteiger partial charge on any atom is 0.408 e. The van der Waals surface area contributed by atoms with Crippen LogP contribution in [0.5, 0.6) is 11.6 Å². The molecule has 2 bridgehead atoms. The number of hydrogen-bond acceptors (Lipinski definition) is 9. The minimum atomic E-state index is -0.994. The van der Waals surface area contributed by atoms with Crippen LogP contribution in [-0.2, 0) is 25.5 Å². The smallest absolute Gasteiger partial charge is 0.408 e. The second-order valence-corrected chi connectivity index (χ2v) is 15.5. The van der Waals surface area contributed by atoms with Gasteiger partial charge in [0.05, 0.1) is 31.3 Å². The number of ether oxygens (including phenoxy) is 4. The molecule has 6 atom stereocenters. The molecule has 3 aromatic rings. The van der Waals surface area contributed by atoms with Gasteiger partial charge < -0.3 is 29.2 Å². The van der Waals surface area contributed by atoms with E-state index < -0.39 is 47.5 Å². The molecule has 2 aliphatic heterocycles. The number of hydrogen-bond donors (Lipinski definition) is 1. The van der Waals surface area contributed by atoms with E-state index in [-0.39, 0.29) is 31.1 Å². The molecule has 3 heterocycles. The van der Waals surface area contributed by atoms with Crippen molar-refractivity contribution in [2.75, 3.05) is 20.3 Å². The predicted octanol–water partition coefficient (Wildman–Crippen LogP) is 6.38. The molecule has 2 aromatic carbocycles. The lowest BCUT2D eigenvalue weighted by molar-refractivity contribution is -0.157. The van der Waals surface area contributed by atoms with Gasteiger partial charge in [-0.3, -0.25) is 4.79 Å². The van der Waals surface area contributed by atoms with E-state index in [0.717, 1.165) is 31.2 Å². The van der Waals surface area contributed by atoms with Gasteiger partial charge in [-0.25, -0.2) is 19.6 Å². The van der Waals surface area contributed by atoms with Crippen molar-refractivity contribution in [3.63, 3.8) is 0 Å². The Kier molecular flexibility index (Phi) is 10.8. The minimum absolute atomic E-state index is 0.0623. The first-order valence-corrected chi connectivity index (χ1v) is 18.1. The van der Waals surface area contributed by atoms with E-state index in [0.29, 0.717) is 34.8 Å². The lowest BCUT2D eigenvalue weighted by Crippen LogP contribution is -2.57. The van der Waals surface area contributed by atoms with Crippen molar-refractivity contribution in [3.8, 4) is 11.6 Å². The summed E-state index contributed by atoms with van der Waals surface area (Å²) >= 11 is 0. The Balaban J connectivity index is 1.46. The van der Waals surface area contributed by atoms with E-state index >= 15 is 0 Å². The average molecular weight is 699 g/mol. The standard InChI is InChI=1S/C40H50N4O7/c1-24(2)23-49-38(46)34-28(19-25-13-9-7-10-14-25)33-22-44(34)37(45)35(40(3,4)5)43-39(47)51-32-20-26(32)15-11-8-12-16-30-36(50-33)42-31-21-27(48-6)17-18-29(31)41-30/h7,9-10,12-14,16-18,21,24,26,28,32-35H,8,11,15,19-20,22-23H2,1-6H3,(H,43,47)/b16-12+/t26-,28-,32-,33+,34+,35-/m1/s1. The minimum Gasteiger partial charge on any atom is -0.497 e. The Labute approximate surface area is 300 Å². The summed E-state index contributed by atoms with van der Waals surface area (Å²) < 4.78 is 24.0. The maximum atomic E-state index is 14.8. The summed E-state index contributed by atoms with van der Waals surface area (Å²) in [5.74, 6) is -0.129. The first kappa shape index (κ1) is 36.1. The van der Waals surface area contributed by atoms with Crippen molar-refractivity contribution < 1.29 is 33.3 Å². The molecule has 1 saturated heterocycles. The van der Waals surface area contributed by atoms with Gasteiger partial charge in [0, 0.05) is 12.0 Å². The quantitative estimate of drug-likeness (QED) is 0.292. The van der Waals surface area contributed by atoms with Crippen LogP contribution in [0.15, 0.2) is 54.6 Å². The van der Waals surface area contributed by atoms with Crippen molar-refractivity contribution in [2.24, 2.45) is 23.2 Å². The predicted molar refractivity (Wildman–Crippen MR) is 193 cm³/mol. The highest BCUT2D eigenvalue weighted by molar-refractivity contribution is 5.91. The number of esters is 1. The van der Waals surface area contributed by atoms with E-state index in [9.17, 15) is 14.4 Å². The molecular formula is C40H50N4O7. The number of carbonyl (C=O) groups is 3. The maximum absolute atomic E-state index is 14.8. The average Bonchev–Trinajstić information content (AvgIpc) is 3.73. The lowest BCUT2D eigenvalue weighted by Gasteiger charge is -2.35. The molecule has 2 amide bonds. The molecule has 11 heteroatoms. The SMILES string of the molecule is COc1ccc2nc3c(nc2c1)O[C@H]1CN(C(=O)[C@H](C(C)(C)C)NC(=O)O[C@@H]2C[C@H]2CCC/C=C/3)[C@H](C(=O)OCC(C)C)[C@@H]1Cc1ccccc1. The Morgan fingerprint density at radius 1 is 1.04 bits per heavy atom. The van der Waals surface area contributed by atoms with Crippen LogP contribution >= 0.6 is 0 Å². The van der Waals surface area contributed by atoms with Gasteiger partial charge in [-0.05, 0) is 73.1 Å². The van der Waals surface area contributed by atoms with E-state index in [2.05, 4.69) is 11.4 Å². The third-order valence-corrected chi connectivity index (χ3v) is 9.83. The number of allylic oxidation sites excluding steroid dienone is 1. The number of methoxy groups -OCH3 is 1. The van der Waals surface area contributed by atoms with Crippen molar-refractivity contribution >= 4 is 35.1 Å². The second-order valence-electron chi connectivity index (χ2n) is 15.5. The summed E-state index contributed by atoms with van der Waals surface area (Å²) in [5, 5.41) is 2.88. The van der Waals surface area contributed by atoms with Gasteiger partial charge in [0.25, 0.3) is 0 Å². The van der Waals surface area contributed by atoms with Crippen molar-refractivity contribution in [2.45, 2.75) is 91.0 Å². The monoisotopic (exact) mass is 698 g/mol. The van der Waals surface area contributed by atoms with Gasteiger partial charge in [-0.1, -0.05) is 71.0 Å². The molecule has 1 N–H and O–H groups in total. The third-order valence-electron chi connectivity index (χ3n) is 9.83. The molecule has 1 saturated carbocycles. The van der Waals surface area contributed by atoms with Crippen LogP contribution < -0.4 is 14.8 Å². The van der Waals surface area contributed by atoms with Gasteiger partial charge in [0.1, 0.15) is 35.7 Å². The molecule has 1 aliphatic carbocycles. The van der Waals surface area contributed by atoms with Crippen LogP contribution in [0.3, 0.4) is 0 Å². The molecule has 6 rings (SSSR count). The summed E-state index contributed by atoms with van der Waals surface area (Å²) in [4.78, 5) is 53.6. The number of carbonyl (C=O) groups excluding carboxylic acids is 3. The van der Waals surface area contributed by atoms with Gasteiger partial charge >= 0.3 is 12.1 Å². The number of fused-ring (bicyclic) bond motifs is 5. The highest BCUT2D eigenvalue weighted by Gasteiger charge is 2.53. The first-order chi connectivity index (χ1) is 24.4. The number of aromatic nitrogens is 2. The van der Waals surface area contributed by atoms with E-state index in [1.54, 1.807) is 7.11 Å². The zero-order chi connectivity index (χ0) is 36.3. The van der Waals surface area contributed by atoms with Gasteiger partial charge in [0.15, 0.2) is 0 Å². The highest BCUT2D eigenvalue weighted by atomic mass is 16.6. The van der Waals surface area contributed by atoms with Crippen molar-refractivity contribution in [1.82, 2.24) is 20.2 Å². The first-order valence-electron chi connectivity index (χ1n) is 18.1. The second kappa shape index (κ2) is 15.3. The van der Waals surface area contributed by atoms with Crippen LogP contribution in [0.4, 0.5) is 4.79 Å². The molecular weight excluding hydrogens is 648 g/mol. The number of rotatable bonds is 6. The Morgan fingerprint density at radius 2 is 1.82 bits per heavy atom. The molecule has 272 valence electrons. The Hall–Kier alpha value is -4.67. The Morgan fingerprint density at radius 3 is 2.55 bits per heavy atom. The number of amides is 2. The number of alkyl carbamates (subject to hydrolysis) is 1. The molecule has 0 spiro atoms. The summed E-state index contributed by atoms with van der Waals surface area (Å²) in [5.41, 5.74) is 2.11. The molecule has 0 unspecified atom stereocenters. The molecule has 3 aliphatic rings. The van der Waals surface area contributed by atoms with Crippen LogP contribution in [0.1, 0.15) is 71.6 Å². The summed E-state index contributed by atoms with van der Waals surface area (Å²) in [7, 11) is 1.60. The van der Waals surface area contributed by atoms with Gasteiger partial charge in [-0.2, -0.15) is 0 Å².